The van der Waals surface area contributed by atoms with E-state index in [1.807, 2.05) is 11.8 Å². The van der Waals surface area contributed by atoms with Crippen LogP contribution in [0.2, 0.25) is 0 Å². The van der Waals surface area contributed by atoms with Gasteiger partial charge in [0.2, 0.25) is 5.91 Å². The molecule has 0 unspecified atom stereocenters. The second kappa shape index (κ2) is 10.1. The zero-order valence-corrected chi connectivity index (χ0v) is 18.6. The van der Waals surface area contributed by atoms with Crippen LogP contribution in [0.1, 0.15) is 60.1 Å². The van der Waals surface area contributed by atoms with Crippen molar-refractivity contribution < 1.29 is 9.59 Å². The van der Waals surface area contributed by atoms with Crippen molar-refractivity contribution in [1.82, 2.24) is 20.0 Å². The van der Waals surface area contributed by atoms with Gasteiger partial charge in [0.05, 0.1) is 11.8 Å². The van der Waals surface area contributed by atoms with Crippen LogP contribution in [0, 0.1) is 18.8 Å². The molecule has 1 N–H and O–H groups in total. The van der Waals surface area contributed by atoms with Crippen LogP contribution in [0.4, 0.5) is 0 Å². The summed E-state index contributed by atoms with van der Waals surface area (Å²) in [5.74, 6) is 1.60. The molecule has 0 saturated carbocycles. The number of aryl methyl sites for hydroxylation is 1. The molecule has 0 atom stereocenters. The van der Waals surface area contributed by atoms with Crippen LogP contribution in [-0.4, -0.2) is 58.0 Å². The number of likely N-dealkylation sites (tertiary alicyclic amines) is 2. The van der Waals surface area contributed by atoms with Gasteiger partial charge in [-0.25, -0.2) is 0 Å². The zero-order valence-electron chi connectivity index (χ0n) is 18.6. The third-order valence-electron chi connectivity index (χ3n) is 7.06. The minimum atomic E-state index is 0.0687. The number of rotatable bonds is 6. The fourth-order valence-electron chi connectivity index (χ4n) is 4.98. The van der Waals surface area contributed by atoms with Gasteiger partial charge in [0.1, 0.15) is 0 Å². The summed E-state index contributed by atoms with van der Waals surface area (Å²) in [6, 6.07) is 10.7. The molecule has 6 nitrogen and oxygen atoms in total. The Hall–Kier alpha value is -2.63. The maximum absolute atomic E-state index is 12.7. The van der Waals surface area contributed by atoms with Gasteiger partial charge in [-0.15, -0.1) is 0 Å². The number of benzene rings is 1. The molecule has 2 aliphatic rings. The summed E-state index contributed by atoms with van der Waals surface area (Å²) in [4.78, 5) is 29.3. The number of piperidine rings is 2. The molecule has 0 bridgehead atoms. The fourth-order valence-corrected chi connectivity index (χ4v) is 4.98. The predicted octanol–water partition coefficient (Wildman–Crippen LogP) is 3.83. The molecule has 0 aliphatic carbocycles. The molecule has 2 saturated heterocycles. The Kier molecular flexibility index (Phi) is 7.05. The molecule has 2 fully saturated rings. The third-order valence-corrected chi connectivity index (χ3v) is 7.06. The number of hydrogen-bond acceptors (Lipinski definition) is 3. The monoisotopic (exact) mass is 422 g/mol. The lowest BCUT2D eigenvalue weighted by Gasteiger charge is -2.34. The smallest absolute Gasteiger partial charge is 0.257 e. The Labute approximate surface area is 185 Å². The van der Waals surface area contributed by atoms with E-state index in [0.717, 1.165) is 70.4 Å². The highest BCUT2D eigenvalue weighted by atomic mass is 16.2. The van der Waals surface area contributed by atoms with Gasteiger partial charge in [-0.05, 0) is 62.8 Å². The highest BCUT2D eigenvalue weighted by Gasteiger charge is 2.27. The Bertz CT molecular complexity index is 863. The van der Waals surface area contributed by atoms with Crippen LogP contribution in [0.3, 0.4) is 0 Å². The molecule has 0 spiro atoms. The van der Waals surface area contributed by atoms with Gasteiger partial charge >= 0.3 is 0 Å². The zero-order chi connectivity index (χ0) is 21.6. The van der Waals surface area contributed by atoms with Gasteiger partial charge in [-0.1, -0.05) is 30.3 Å². The molecule has 6 heteroatoms. The quantitative estimate of drug-likeness (QED) is 0.769. The molecule has 0 radical (unpaired) electrons. The second-order valence-corrected chi connectivity index (χ2v) is 9.20. The second-order valence-electron chi connectivity index (χ2n) is 9.20. The first-order valence-corrected chi connectivity index (χ1v) is 11.7. The molecule has 4 rings (SSSR count). The van der Waals surface area contributed by atoms with Crippen molar-refractivity contribution in [3.05, 3.63) is 53.3 Å². The van der Waals surface area contributed by atoms with Gasteiger partial charge in [0, 0.05) is 38.3 Å². The van der Waals surface area contributed by atoms with Crippen molar-refractivity contribution in [2.75, 3.05) is 26.2 Å². The van der Waals surface area contributed by atoms with Crippen molar-refractivity contribution in [3.8, 4) is 0 Å². The first kappa shape index (κ1) is 21.6. The number of H-pyrrole nitrogens is 1. The van der Waals surface area contributed by atoms with Crippen LogP contribution in [0.25, 0.3) is 0 Å². The summed E-state index contributed by atoms with van der Waals surface area (Å²) < 4.78 is 0. The van der Waals surface area contributed by atoms with Crippen molar-refractivity contribution >= 4 is 11.8 Å². The highest BCUT2D eigenvalue weighted by molar-refractivity contribution is 5.95. The third kappa shape index (κ3) is 5.54. The number of aromatic amines is 1. The maximum atomic E-state index is 12.7. The summed E-state index contributed by atoms with van der Waals surface area (Å²) in [6.07, 6.45) is 8.50. The molecule has 166 valence electrons. The summed E-state index contributed by atoms with van der Waals surface area (Å²) >= 11 is 0. The van der Waals surface area contributed by atoms with E-state index in [4.69, 9.17) is 0 Å². The lowest BCUT2D eigenvalue weighted by Crippen LogP contribution is -2.40. The van der Waals surface area contributed by atoms with E-state index in [9.17, 15) is 9.59 Å². The van der Waals surface area contributed by atoms with Crippen LogP contribution >= 0.6 is 0 Å². The molecule has 1 aromatic carbocycles. The highest BCUT2D eigenvalue weighted by Crippen LogP contribution is 2.26. The standard InChI is InChI=1S/C25H34N4O2/c1-19-23(18-26-27-19)25(31)29-15-9-20(10-16-29)7-8-24(30)28-13-11-22(12-14-28)17-21-5-3-2-4-6-21/h2-6,18,20,22H,7-17H2,1H3,(H,26,27). The number of hydrogen-bond donors (Lipinski definition) is 1. The normalized spacial score (nSPS) is 18.4. The summed E-state index contributed by atoms with van der Waals surface area (Å²) in [6.45, 7) is 5.21. The first-order valence-electron chi connectivity index (χ1n) is 11.7. The van der Waals surface area contributed by atoms with Crippen LogP contribution in [0.5, 0.6) is 0 Å². The lowest BCUT2D eigenvalue weighted by molar-refractivity contribution is -0.133. The van der Waals surface area contributed by atoms with Crippen LogP contribution in [0.15, 0.2) is 36.5 Å². The molecule has 31 heavy (non-hydrogen) atoms. The molecule has 2 aliphatic heterocycles. The van der Waals surface area contributed by atoms with Crippen molar-refractivity contribution in [3.63, 3.8) is 0 Å². The van der Waals surface area contributed by atoms with E-state index in [-0.39, 0.29) is 5.91 Å². The number of nitrogens with one attached hydrogen (secondary N) is 1. The van der Waals surface area contributed by atoms with Gasteiger partial charge in [0.15, 0.2) is 0 Å². The molecular formula is C25H34N4O2. The SMILES string of the molecule is Cc1[nH]ncc1C(=O)N1CCC(CCC(=O)N2CCC(Cc3ccccc3)CC2)CC1. The van der Waals surface area contributed by atoms with E-state index < -0.39 is 0 Å². The predicted molar refractivity (Wildman–Crippen MR) is 121 cm³/mol. The minimum absolute atomic E-state index is 0.0687. The van der Waals surface area contributed by atoms with Crippen LogP contribution < -0.4 is 0 Å². The molecule has 2 aromatic rings. The lowest BCUT2D eigenvalue weighted by atomic mass is 9.89. The average Bonchev–Trinajstić information content (AvgIpc) is 3.24. The molecule has 2 amide bonds. The molecule has 3 heterocycles. The van der Waals surface area contributed by atoms with Crippen molar-refractivity contribution in [2.45, 2.75) is 51.9 Å². The number of amides is 2. The van der Waals surface area contributed by atoms with E-state index in [2.05, 4.69) is 45.4 Å². The van der Waals surface area contributed by atoms with E-state index in [1.54, 1.807) is 6.20 Å². The van der Waals surface area contributed by atoms with Gasteiger partial charge < -0.3 is 9.80 Å². The van der Waals surface area contributed by atoms with E-state index in [1.165, 1.54) is 5.56 Å². The van der Waals surface area contributed by atoms with Crippen molar-refractivity contribution in [1.29, 1.82) is 0 Å². The average molecular weight is 423 g/mol. The topological polar surface area (TPSA) is 69.3 Å². The Balaban J connectivity index is 1.15. The maximum Gasteiger partial charge on any atom is 0.257 e. The van der Waals surface area contributed by atoms with Gasteiger partial charge in [-0.2, -0.15) is 5.10 Å². The van der Waals surface area contributed by atoms with Crippen molar-refractivity contribution in [2.24, 2.45) is 11.8 Å². The number of carbonyl (C=O) groups is 2. The number of aromatic nitrogens is 2. The number of nitrogens with zero attached hydrogens (tertiary/aromatic N) is 3. The molecular weight excluding hydrogens is 388 g/mol. The minimum Gasteiger partial charge on any atom is -0.343 e. The van der Waals surface area contributed by atoms with Gasteiger partial charge in [0.25, 0.3) is 5.91 Å². The van der Waals surface area contributed by atoms with Gasteiger partial charge in [-0.3, -0.25) is 14.7 Å². The van der Waals surface area contributed by atoms with E-state index >= 15 is 0 Å². The number of carbonyl (C=O) groups excluding carboxylic acids is 2. The summed E-state index contributed by atoms with van der Waals surface area (Å²) in [7, 11) is 0. The summed E-state index contributed by atoms with van der Waals surface area (Å²) in [5, 5.41) is 6.79. The Morgan fingerprint density at radius 1 is 0.968 bits per heavy atom. The van der Waals surface area contributed by atoms with E-state index in [0.29, 0.717) is 29.7 Å². The Morgan fingerprint density at radius 2 is 1.61 bits per heavy atom. The fraction of sp³-hybridized carbons (Fsp3) is 0.560. The van der Waals surface area contributed by atoms with Crippen LogP contribution in [-0.2, 0) is 11.2 Å². The largest absolute Gasteiger partial charge is 0.343 e. The summed E-state index contributed by atoms with van der Waals surface area (Å²) in [5.41, 5.74) is 2.90. The Morgan fingerprint density at radius 3 is 2.26 bits per heavy atom. The first-order chi connectivity index (χ1) is 15.1. The molecule has 1 aromatic heterocycles.